The van der Waals surface area contributed by atoms with E-state index in [0.717, 1.165) is 24.2 Å². The van der Waals surface area contributed by atoms with Crippen LogP contribution in [0.1, 0.15) is 25.3 Å². The summed E-state index contributed by atoms with van der Waals surface area (Å²) < 4.78 is 0. The normalized spacial score (nSPS) is 22.7. The van der Waals surface area contributed by atoms with Crippen molar-refractivity contribution in [1.29, 1.82) is 0 Å². The first-order valence-electron chi connectivity index (χ1n) is 6.63. The quantitative estimate of drug-likeness (QED) is 0.864. The predicted octanol–water partition coefficient (Wildman–Crippen LogP) is 2.96. The van der Waals surface area contributed by atoms with Gasteiger partial charge in [-0.15, -0.1) is 0 Å². The molecule has 94 valence electrons. The topological polar surface area (TPSA) is 40.7 Å². The molecule has 0 bridgehead atoms. The van der Waals surface area contributed by atoms with Gasteiger partial charge in [-0.1, -0.05) is 31.2 Å². The van der Waals surface area contributed by atoms with Crippen LogP contribution in [0.25, 0.3) is 11.3 Å². The fourth-order valence-corrected chi connectivity index (χ4v) is 2.55. The summed E-state index contributed by atoms with van der Waals surface area (Å²) in [5, 5.41) is 10.5. The molecule has 1 aliphatic carbocycles. The summed E-state index contributed by atoms with van der Waals surface area (Å²) in [4.78, 5) is 0. The van der Waals surface area contributed by atoms with Crippen molar-refractivity contribution < 1.29 is 0 Å². The molecule has 0 radical (unpaired) electrons. The monoisotopic (exact) mass is 241 g/mol. The van der Waals surface area contributed by atoms with Gasteiger partial charge in [0.1, 0.15) is 0 Å². The third-order valence-electron chi connectivity index (χ3n) is 3.73. The van der Waals surface area contributed by atoms with Crippen LogP contribution in [0.4, 0.5) is 0 Å². The molecule has 0 spiro atoms. The third-order valence-corrected chi connectivity index (χ3v) is 3.73. The highest BCUT2D eigenvalue weighted by Gasteiger charge is 2.24. The molecule has 1 aliphatic rings. The van der Waals surface area contributed by atoms with Gasteiger partial charge in [-0.25, -0.2) is 0 Å². The van der Waals surface area contributed by atoms with E-state index in [1.165, 1.54) is 24.0 Å². The lowest BCUT2D eigenvalue weighted by molar-refractivity contribution is 0.240. The Labute approximate surface area is 108 Å². The zero-order chi connectivity index (χ0) is 12.4. The molecule has 3 nitrogen and oxygen atoms in total. The standard InChI is InChI=1S/C15H19N3/c1-11-8-14(9-11)16-10-12-2-4-13(5-3-12)15-6-7-17-18-15/h2-7,11,14,16H,8-10H2,1H3,(H,17,18). The summed E-state index contributed by atoms with van der Waals surface area (Å²) in [6, 6.07) is 11.4. The summed E-state index contributed by atoms with van der Waals surface area (Å²) >= 11 is 0. The SMILES string of the molecule is CC1CC(NCc2ccc(-c3ccn[nH]3)cc2)C1. The Bertz CT molecular complexity index is 481. The molecule has 3 rings (SSSR count). The van der Waals surface area contributed by atoms with Crippen LogP contribution in [-0.2, 0) is 6.54 Å². The molecule has 1 heterocycles. The van der Waals surface area contributed by atoms with Gasteiger partial charge in [0.05, 0.1) is 5.69 Å². The van der Waals surface area contributed by atoms with Gasteiger partial charge in [-0.05, 0) is 36.0 Å². The van der Waals surface area contributed by atoms with Crippen LogP contribution in [0.2, 0.25) is 0 Å². The van der Waals surface area contributed by atoms with Crippen molar-refractivity contribution in [3.63, 3.8) is 0 Å². The molecule has 1 aromatic heterocycles. The van der Waals surface area contributed by atoms with Crippen LogP contribution in [0.15, 0.2) is 36.5 Å². The second kappa shape index (κ2) is 4.94. The Morgan fingerprint density at radius 2 is 2.00 bits per heavy atom. The zero-order valence-electron chi connectivity index (χ0n) is 10.7. The van der Waals surface area contributed by atoms with Crippen LogP contribution in [0.5, 0.6) is 0 Å². The molecule has 3 heteroatoms. The molecule has 1 saturated carbocycles. The number of nitrogens with zero attached hydrogens (tertiary/aromatic N) is 1. The summed E-state index contributed by atoms with van der Waals surface area (Å²) in [5.74, 6) is 0.908. The van der Waals surface area contributed by atoms with E-state index in [1.807, 2.05) is 6.07 Å². The average Bonchev–Trinajstić information content (AvgIpc) is 2.88. The molecule has 0 aliphatic heterocycles. The maximum absolute atomic E-state index is 3.97. The largest absolute Gasteiger partial charge is 0.310 e. The van der Waals surface area contributed by atoms with Gasteiger partial charge in [0.25, 0.3) is 0 Å². The molecule has 2 N–H and O–H groups in total. The van der Waals surface area contributed by atoms with E-state index in [2.05, 4.69) is 46.7 Å². The Morgan fingerprint density at radius 3 is 2.61 bits per heavy atom. The highest BCUT2D eigenvalue weighted by Crippen LogP contribution is 2.26. The van der Waals surface area contributed by atoms with Gasteiger partial charge in [0.2, 0.25) is 0 Å². The first-order chi connectivity index (χ1) is 8.81. The van der Waals surface area contributed by atoms with E-state index in [0.29, 0.717) is 0 Å². The van der Waals surface area contributed by atoms with E-state index < -0.39 is 0 Å². The zero-order valence-corrected chi connectivity index (χ0v) is 10.7. The van der Waals surface area contributed by atoms with Crippen LogP contribution >= 0.6 is 0 Å². The third kappa shape index (κ3) is 2.46. The predicted molar refractivity (Wildman–Crippen MR) is 73.0 cm³/mol. The molecule has 0 saturated heterocycles. The summed E-state index contributed by atoms with van der Waals surface area (Å²) in [6.07, 6.45) is 4.43. The fraction of sp³-hybridized carbons (Fsp3) is 0.400. The van der Waals surface area contributed by atoms with Crippen LogP contribution in [0, 0.1) is 5.92 Å². The Kier molecular flexibility index (Phi) is 3.15. The second-order valence-corrected chi connectivity index (χ2v) is 5.32. The first-order valence-corrected chi connectivity index (χ1v) is 6.63. The highest BCUT2D eigenvalue weighted by atomic mass is 15.1. The van der Waals surface area contributed by atoms with Gasteiger partial charge in [0, 0.05) is 18.8 Å². The van der Waals surface area contributed by atoms with Gasteiger partial charge >= 0.3 is 0 Å². The van der Waals surface area contributed by atoms with Crippen molar-refractivity contribution in [2.45, 2.75) is 32.4 Å². The van der Waals surface area contributed by atoms with E-state index in [9.17, 15) is 0 Å². The van der Waals surface area contributed by atoms with Crippen molar-refractivity contribution in [1.82, 2.24) is 15.5 Å². The van der Waals surface area contributed by atoms with E-state index in [1.54, 1.807) is 6.20 Å². The van der Waals surface area contributed by atoms with Crippen LogP contribution < -0.4 is 5.32 Å². The molecule has 0 atom stereocenters. The molecule has 0 amide bonds. The molecule has 1 aromatic carbocycles. The smallest absolute Gasteiger partial charge is 0.0650 e. The maximum atomic E-state index is 3.97. The van der Waals surface area contributed by atoms with Gasteiger partial charge in [0.15, 0.2) is 0 Å². The number of aromatic amines is 1. The average molecular weight is 241 g/mol. The summed E-state index contributed by atoms with van der Waals surface area (Å²) in [5.41, 5.74) is 3.61. The van der Waals surface area contributed by atoms with Gasteiger partial charge in [-0.3, -0.25) is 5.10 Å². The van der Waals surface area contributed by atoms with E-state index in [-0.39, 0.29) is 0 Å². The maximum Gasteiger partial charge on any atom is 0.0650 e. The van der Waals surface area contributed by atoms with Crippen molar-refractivity contribution in [3.8, 4) is 11.3 Å². The molecular weight excluding hydrogens is 222 g/mol. The van der Waals surface area contributed by atoms with Crippen LogP contribution in [0.3, 0.4) is 0 Å². The number of aromatic nitrogens is 2. The summed E-state index contributed by atoms with van der Waals surface area (Å²) in [7, 11) is 0. The number of H-pyrrole nitrogens is 1. The highest BCUT2D eigenvalue weighted by molar-refractivity contribution is 5.58. The van der Waals surface area contributed by atoms with E-state index in [4.69, 9.17) is 0 Å². The summed E-state index contributed by atoms with van der Waals surface area (Å²) in [6.45, 7) is 3.29. The van der Waals surface area contributed by atoms with E-state index >= 15 is 0 Å². The van der Waals surface area contributed by atoms with Crippen molar-refractivity contribution in [3.05, 3.63) is 42.1 Å². The first kappa shape index (κ1) is 11.5. The lowest BCUT2D eigenvalue weighted by Gasteiger charge is -2.33. The number of benzene rings is 1. The number of rotatable bonds is 4. The Hall–Kier alpha value is -1.61. The Morgan fingerprint density at radius 1 is 1.22 bits per heavy atom. The lowest BCUT2D eigenvalue weighted by atomic mass is 9.82. The molecule has 1 fully saturated rings. The lowest BCUT2D eigenvalue weighted by Crippen LogP contribution is -2.39. The minimum absolute atomic E-state index is 0.729. The molecule has 0 unspecified atom stereocenters. The number of hydrogen-bond donors (Lipinski definition) is 2. The minimum Gasteiger partial charge on any atom is -0.310 e. The van der Waals surface area contributed by atoms with Crippen molar-refractivity contribution in [2.75, 3.05) is 0 Å². The van der Waals surface area contributed by atoms with Crippen molar-refractivity contribution >= 4 is 0 Å². The van der Waals surface area contributed by atoms with Crippen molar-refractivity contribution in [2.24, 2.45) is 5.92 Å². The minimum atomic E-state index is 0.729. The Balaban J connectivity index is 1.58. The number of nitrogens with one attached hydrogen (secondary N) is 2. The van der Waals surface area contributed by atoms with Gasteiger partial charge < -0.3 is 5.32 Å². The van der Waals surface area contributed by atoms with Gasteiger partial charge in [-0.2, -0.15) is 5.10 Å². The molecule has 2 aromatic rings. The molecule has 18 heavy (non-hydrogen) atoms. The number of hydrogen-bond acceptors (Lipinski definition) is 2. The van der Waals surface area contributed by atoms with Crippen LogP contribution in [-0.4, -0.2) is 16.2 Å². The second-order valence-electron chi connectivity index (χ2n) is 5.32. The fourth-order valence-electron chi connectivity index (χ4n) is 2.55. The molecular formula is C15H19N3.